The number of ether oxygens (including phenoxy) is 1. The zero-order chi connectivity index (χ0) is 17.1. The van der Waals surface area contributed by atoms with Gasteiger partial charge in [0.2, 0.25) is 0 Å². The van der Waals surface area contributed by atoms with Crippen LogP contribution < -0.4 is 10.1 Å². The number of carbonyl (C=O) groups is 1. The number of amides is 1. The van der Waals surface area contributed by atoms with Gasteiger partial charge in [0.25, 0.3) is 5.91 Å². The van der Waals surface area contributed by atoms with E-state index in [1.165, 1.54) is 0 Å². The number of methoxy groups -OCH3 is 1. The fourth-order valence-electron chi connectivity index (χ4n) is 2.35. The van der Waals surface area contributed by atoms with E-state index in [4.69, 9.17) is 4.74 Å². The van der Waals surface area contributed by atoms with E-state index in [2.05, 4.69) is 15.6 Å². The van der Waals surface area contributed by atoms with Crippen molar-refractivity contribution in [3.8, 4) is 11.4 Å². The van der Waals surface area contributed by atoms with Crippen molar-refractivity contribution in [1.29, 1.82) is 0 Å². The lowest BCUT2D eigenvalue weighted by molar-refractivity contribution is 0.102. The highest BCUT2D eigenvalue weighted by atomic mass is 16.5. The molecule has 0 radical (unpaired) electrons. The molecule has 0 aliphatic rings. The first-order valence-electron chi connectivity index (χ1n) is 7.53. The molecule has 3 rings (SSSR count). The van der Waals surface area contributed by atoms with Gasteiger partial charge in [-0.2, -0.15) is 0 Å². The lowest BCUT2D eigenvalue weighted by Gasteiger charge is -2.06. The molecule has 0 unspecified atom stereocenters. The third-order valence-corrected chi connectivity index (χ3v) is 3.72. The lowest BCUT2D eigenvalue weighted by atomic mass is 10.2. The summed E-state index contributed by atoms with van der Waals surface area (Å²) in [7, 11) is 1.60. The second kappa shape index (κ2) is 6.54. The predicted molar refractivity (Wildman–Crippen MR) is 91.8 cm³/mol. The molecule has 122 valence electrons. The van der Waals surface area contributed by atoms with Gasteiger partial charge < -0.3 is 10.1 Å². The monoisotopic (exact) mass is 322 g/mol. The molecule has 2 aromatic carbocycles. The maximum atomic E-state index is 12.4. The number of hydrogen-bond donors (Lipinski definition) is 1. The number of aryl methyl sites for hydroxylation is 1. The number of nitrogens with zero attached hydrogens (tertiary/aromatic N) is 3. The summed E-state index contributed by atoms with van der Waals surface area (Å²) in [5.41, 5.74) is 3.59. The van der Waals surface area contributed by atoms with Gasteiger partial charge >= 0.3 is 0 Å². The minimum atomic E-state index is -0.287. The molecule has 0 bridgehead atoms. The SMILES string of the molecule is COc1cccc(-n2nnc(C(=O)Nc3ccc(C)cc3)c2C)c1. The van der Waals surface area contributed by atoms with Gasteiger partial charge in [0.15, 0.2) is 5.69 Å². The standard InChI is InChI=1S/C18H18N4O2/c1-12-7-9-14(10-8-12)19-18(23)17-13(2)22(21-20-17)15-5-4-6-16(11-15)24-3/h4-11H,1-3H3,(H,19,23). The van der Waals surface area contributed by atoms with E-state index in [-0.39, 0.29) is 5.91 Å². The Bertz CT molecular complexity index is 869. The van der Waals surface area contributed by atoms with Crippen LogP contribution in [0.25, 0.3) is 5.69 Å². The minimum absolute atomic E-state index is 0.287. The topological polar surface area (TPSA) is 69.0 Å². The minimum Gasteiger partial charge on any atom is -0.497 e. The molecular formula is C18H18N4O2. The van der Waals surface area contributed by atoms with Crippen LogP contribution in [0.1, 0.15) is 21.7 Å². The molecule has 0 saturated carbocycles. The summed E-state index contributed by atoms with van der Waals surface area (Å²) in [6.07, 6.45) is 0. The zero-order valence-electron chi connectivity index (χ0n) is 13.8. The smallest absolute Gasteiger partial charge is 0.278 e. The average molecular weight is 322 g/mol. The Hall–Kier alpha value is -3.15. The van der Waals surface area contributed by atoms with Crippen LogP contribution in [0.4, 0.5) is 5.69 Å². The third-order valence-electron chi connectivity index (χ3n) is 3.72. The van der Waals surface area contributed by atoms with Crippen molar-refractivity contribution < 1.29 is 9.53 Å². The van der Waals surface area contributed by atoms with E-state index in [9.17, 15) is 4.79 Å². The van der Waals surface area contributed by atoms with Crippen LogP contribution in [-0.2, 0) is 0 Å². The van der Waals surface area contributed by atoms with Gasteiger partial charge in [-0.15, -0.1) is 5.10 Å². The summed E-state index contributed by atoms with van der Waals surface area (Å²) in [5, 5.41) is 10.9. The van der Waals surface area contributed by atoms with Gasteiger partial charge in [0.05, 0.1) is 18.5 Å². The van der Waals surface area contributed by atoms with Gasteiger partial charge in [-0.25, -0.2) is 4.68 Å². The van der Waals surface area contributed by atoms with Crippen LogP contribution in [-0.4, -0.2) is 28.0 Å². The highest BCUT2D eigenvalue weighted by Crippen LogP contribution is 2.19. The lowest BCUT2D eigenvalue weighted by Crippen LogP contribution is -2.14. The number of nitrogens with one attached hydrogen (secondary N) is 1. The Balaban J connectivity index is 1.86. The summed E-state index contributed by atoms with van der Waals surface area (Å²) in [5.74, 6) is 0.429. The maximum absolute atomic E-state index is 12.4. The van der Waals surface area contributed by atoms with Crippen LogP contribution in [0, 0.1) is 13.8 Å². The summed E-state index contributed by atoms with van der Waals surface area (Å²) in [6, 6.07) is 15.0. The number of carbonyl (C=O) groups excluding carboxylic acids is 1. The van der Waals surface area contributed by atoms with E-state index in [1.807, 2.05) is 62.4 Å². The van der Waals surface area contributed by atoms with Gasteiger partial charge in [-0.05, 0) is 38.1 Å². The molecule has 0 spiro atoms. The number of anilines is 1. The number of rotatable bonds is 4. The van der Waals surface area contributed by atoms with Crippen molar-refractivity contribution in [2.75, 3.05) is 12.4 Å². The highest BCUT2D eigenvalue weighted by molar-refractivity contribution is 6.03. The molecule has 0 fully saturated rings. The Labute approximate surface area is 140 Å². The van der Waals surface area contributed by atoms with E-state index in [1.54, 1.807) is 11.8 Å². The first-order chi connectivity index (χ1) is 11.6. The molecule has 24 heavy (non-hydrogen) atoms. The van der Waals surface area contributed by atoms with Crippen molar-refractivity contribution >= 4 is 11.6 Å². The third kappa shape index (κ3) is 3.12. The fourth-order valence-corrected chi connectivity index (χ4v) is 2.35. The molecule has 3 aromatic rings. The predicted octanol–water partition coefficient (Wildman–Crippen LogP) is 3.15. The first-order valence-corrected chi connectivity index (χ1v) is 7.53. The summed E-state index contributed by atoms with van der Waals surface area (Å²) >= 11 is 0. The van der Waals surface area contributed by atoms with E-state index in [0.717, 1.165) is 16.9 Å². The average Bonchev–Trinajstić information content (AvgIpc) is 2.98. The van der Waals surface area contributed by atoms with Gasteiger partial charge in [-0.1, -0.05) is 29.0 Å². The molecular weight excluding hydrogens is 304 g/mol. The Kier molecular flexibility index (Phi) is 4.29. The van der Waals surface area contributed by atoms with Gasteiger partial charge in [0.1, 0.15) is 5.75 Å². The van der Waals surface area contributed by atoms with Crippen molar-refractivity contribution in [3.05, 3.63) is 65.5 Å². The summed E-state index contributed by atoms with van der Waals surface area (Å²) in [4.78, 5) is 12.4. The molecule has 0 atom stereocenters. The molecule has 1 amide bonds. The molecule has 0 saturated heterocycles. The van der Waals surface area contributed by atoms with E-state index >= 15 is 0 Å². The Morgan fingerprint density at radius 1 is 1.12 bits per heavy atom. The van der Waals surface area contributed by atoms with Crippen LogP contribution in [0.3, 0.4) is 0 Å². The van der Waals surface area contributed by atoms with Gasteiger partial charge in [0, 0.05) is 11.8 Å². The largest absolute Gasteiger partial charge is 0.497 e. The maximum Gasteiger partial charge on any atom is 0.278 e. The summed E-state index contributed by atoms with van der Waals surface area (Å²) in [6.45, 7) is 3.80. The molecule has 6 heteroatoms. The molecule has 1 heterocycles. The van der Waals surface area contributed by atoms with Crippen LogP contribution >= 0.6 is 0 Å². The van der Waals surface area contributed by atoms with Gasteiger partial charge in [-0.3, -0.25) is 4.79 Å². The van der Waals surface area contributed by atoms with Crippen molar-refractivity contribution in [2.45, 2.75) is 13.8 Å². The van der Waals surface area contributed by atoms with E-state index in [0.29, 0.717) is 17.1 Å². The molecule has 1 aromatic heterocycles. The quantitative estimate of drug-likeness (QED) is 0.801. The van der Waals surface area contributed by atoms with Crippen LogP contribution in [0.15, 0.2) is 48.5 Å². The number of benzene rings is 2. The van der Waals surface area contributed by atoms with Crippen molar-refractivity contribution in [2.24, 2.45) is 0 Å². The van der Waals surface area contributed by atoms with Crippen LogP contribution in [0.5, 0.6) is 5.75 Å². The van der Waals surface area contributed by atoms with E-state index < -0.39 is 0 Å². The van der Waals surface area contributed by atoms with Crippen molar-refractivity contribution in [1.82, 2.24) is 15.0 Å². The normalized spacial score (nSPS) is 10.5. The molecule has 6 nitrogen and oxygen atoms in total. The summed E-state index contributed by atoms with van der Waals surface area (Å²) < 4.78 is 6.84. The first kappa shape index (κ1) is 15.7. The highest BCUT2D eigenvalue weighted by Gasteiger charge is 2.17. The second-order valence-corrected chi connectivity index (χ2v) is 5.46. The van der Waals surface area contributed by atoms with Crippen molar-refractivity contribution in [3.63, 3.8) is 0 Å². The Morgan fingerprint density at radius 2 is 1.88 bits per heavy atom. The zero-order valence-corrected chi connectivity index (χ0v) is 13.8. The number of hydrogen-bond acceptors (Lipinski definition) is 4. The van der Waals surface area contributed by atoms with Crippen LogP contribution in [0.2, 0.25) is 0 Å². The fraction of sp³-hybridized carbons (Fsp3) is 0.167. The Morgan fingerprint density at radius 3 is 2.58 bits per heavy atom. The second-order valence-electron chi connectivity index (χ2n) is 5.46. The molecule has 1 N–H and O–H groups in total. The number of aromatic nitrogens is 3. The molecule has 0 aliphatic heterocycles. The molecule has 0 aliphatic carbocycles.